The van der Waals surface area contributed by atoms with Gasteiger partial charge in [0.1, 0.15) is 0 Å². The standard InChI is InChI=1S/C23H26N2/c1-15-5-4-12-25-22(15)14-21-19-7-3-2-6-17(19)13-20(23(21)25)16-8-10-18(24)11-9-16/h2,4-6,8,10-12,16,20,22H,3,7,9,13-14,24H2,1H3. The maximum atomic E-state index is 5.98. The summed E-state index contributed by atoms with van der Waals surface area (Å²) in [5.74, 6) is 1.12. The molecule has 128 valence electrons. The first-order valence-electron chi connectivity index (χ1n) is 9.61. The van der Waals surface area contributed by atoms with Gasteiger partial charge in [-0.25, -0.2) is 0 Å². The monoisotopic (exact) mass is 330 g/mol. The molecule has 2 nitrogen and oxygen atoms in total. The highest BCUT2D eigenvalue weighted by atomic mass is 15.2. The van der Waals surface area contributed by atoms with Gasteiger partial charge in [0.2, 0.25) is 0 Å². The van der Waals surface area contributed by atoms with E-state index in [1.165, 1.54) is 31.3 Å². The fourth-order valence-corrected chi connectivity index (χ4v) is 5.27. The van der Waals surface area contributed by atoms with Crippen molar-refractivity contribution < 1.29 is 0 Å². The molecule has 0 amide bonds. The molecule has 3 aliphatic carbocycles. The number of hydrogen-bond donors (Lipinski definition) is 1. The lowest BCUT2D eigenvalue weighted by Crippen LogP contribution is -2.33. The Labute approximate surface area is 150 Å². The lowest BCUT2D eigenvalue weighted by molar-refractivity contribution is 0.318. The predicted octanol–water partition coefficient (Wildman–Crippen LogP) is 4.87. The first-order valence-corrected chi connectivity index (χ1v) is 9.61. The molecule has 2 heterocycles. The molecule has 2 N–H and O–H groups in total. The van der Waals surface area contributed by atoms with Gasteiger partial charge in [-0.05, 0) is 73.8 Å². The van der Waals surface area contributed by atoms with Crippen molar-refractivity contribution in [2.24, 2.45) is 17.6 Å². The molecule has 0 saturated heterocycles. The average Bonchev–Trinajstić information content (AvgIpc) is 3.03. The summed E-state index contributed by atoms with van der Waals surface area (Å²) in [5.41, 5.74) is 14.9. The Hall–Kier alpha value is -2.22. The molecule has 0 spiro atoms. The number of hydrogen-bond acceptors (Lipinski definition) is 2. The van der Waals surface area contributed by atoms with Gasteiger partial charge in [0.05, 0.1) is 6.04 Å². The topological polar surface area (TPSA) is 29.3 Å². The minimum atomic E-state index is 0.531. The van der Waals surface area contributed by atoms with Crippen molar-refractivity contribution in [3.05, 3.63) is 82.4 Å². The van der Waals surface area contributed by atoms with Crippen LogP contribution < -0.4 is 5.73 Å². The van der Waals surface area contributed by atoms with Crippen molar-refractivity contribution in [3.8, 4) is 0 Å². The Kier molecular flexibility index (Phi) is 3.41. The molecule has 0 fully saturated rings. The van der Waals surface area contributed by atoms with Crippen molar-refractivity contribution in [1.82, 2.24) is 4.90 Å². The van der Waals surface area contributed by atoms with E-state index in [2.05, 4.69) is 60.6 Å². The van der Waals surface area contributed by atoms with Crippen LogP contribution in [0.1, 0.15) is 39.0 Å². The zero-order valence-corrected chi connectivity index (χ0v) is 14.9. The number of fused-ring (bicyclic) bond motifs is 3. The molecule has 0 aromatic rings. The highest BCUT2D eigenvalue weighted by molar-refractivity contribution is 5.54. The van der Waals surface area contributed by atoms with E-state index < -0.39 is 0 Å². The summed E-state index contributed by atoms with van der Waals surface area (Å²) in [4.78, 5) is 2.59. The Morgan fingerprint density at radius 3 is 2.92 bits per heavy atom. The van der Waals surface area contributed by atoms with Crippen LogP contribution in [0.15, 0.2) is 82.4 Å². The van der Waals surface area contributed by atoms with Crippen LogP contribution in [-0.2, 0) is 0 Å². The predicted molar refractivity (Wildman–Crippen MR) is 103 cm³/mol. The molecule has 0 radical (unpaired) electrons. The molecule has 5 rings (SSSR count). The van der Waals surface area contributed by atoms with Crippen LogP contribution in [0.4, 0.5) is 0 Å². The van der Waals surface area contributed by atoms with Crippen LogP contribution in [0.25, 0.3) is 0 Å². The average molecular weight is 330 g/mol. The van der Waals surface area contributed by atoms with E-state index in [0.29, 0.717) is 17.9 Å². The van der Waals surface area contributed by atoms with E-state index >= 15 is 0 Å². The van der Waals surface area contributed by atoms with Crippen molar-refractivity contribution in [1.29, 1.82) is 0 Å². The zero-order chi connectivity index (χ0) is 17.0. The summed E-state index contributed by atoms with van der Waals surface area (Å²) in [7, 11) is 0. The van der Waals surface area contributed by atoms with Crippen molar-refractivity contribution >= 4 is 0 Å². The lowest BCUT2D eigenvalue weighted by Gasteiger charge is -2.39. The van der Waals surface area contributed by atoms with Crippen LogP contribution in [0.5, 0.6) is 0 Å². The molecule has 2 heteroatoms. The molecule has 0 aromatic heterocycles. The first kappa shape index (κ1) is 15.1. The third kappa shape index (κ3) is 2.31. The van der Waals surface area contributed by atoms with E-state index in [0.717, 1.165) is 12.1 Å². The number of nitrogens with zero attached hydrogens (tertiary/aromatic N) is 1. The summed E-state index contributed by atoms with van der Waals surface area (Å²) < 4.78 is 0. The molecule has 25 heavy (non-hydrogen) atoms. The molecular formula is C23H26N2. The zero-order valence-electron chi connectivity index (χ0n) is 14.9. The summed E-state index contributed by atoms with van der Waals surface area (Å²) >= 11 is 0. The summed E-state index contributed by atoms with van der Waals surface area (Å²) in [5, 5.41) is 0. The smallest absolute Gasteiger partial charge is 0.0584 e. The van der Waals surface area contributed by atoms with Gasteiger partial charge in [-0.2, -0.15) is 0 Å². The van der Waals surface area contributed by atoms with Crippen molar-refractivity contribution in [2.45, 2.75) is 45.1 Å². The molecule has 0 aromatic carbocycles. The lowest BCUT2D eigenvalue weighted by atomic mass is 9.72. The minimum absolute atomic E-state index is 0.531. The van der Waals surface area contributed by atoms with Gasteiger partial charge in [0, 0.05) is 23.5 Å². The van der Waals surface area contributed by atoms with Gasteiger partial charge in [-0.3, -0.25) is 0 Å². The van der Waals surface area contributed by atoms with E-state index in [9.17, 15) is 0 Å². The van der Waals surface area contributed by atoms with Crippen LogP contribution in [0.2, 0.25) is 0 Å². The third-order valence-electron chi connectivity index (χ3n) is 6.55. The van der Waals surface area contributed by atoms with Crippen LogP contribution in [-0.4, -0.2) is 10.9 Å². The SMILES string of the molecule is CC1=CC=CN2C3=C(CC12)C1=C(C=CCC1)CC3C1C=CC(N)=CC1. The molecule has 0 saturated carbocycles. The van der Waals surface area contributed by atoms with Crippen LogP contribution in [0, 0.1) is 11.8 Å². The maximum Gasteiger partial charge on any atom is 0.0584 e. The Bertz CT molecular complexity index is 828. The fourth-order valence-electron chi connectivity index (χ4n) is 5.27. The van der Waals surface area contributed by atoms with Crippen LogP contribution in [0.3, 0.4) is 0 Å². The van der Waals surface area contributed by atoms with Crippen molar-refractivity contribution in [2.75, 3.05) is 0 Å². The quantitative estimate of drug-likeness (QED) is 0.743. The first-order chi connectivity index (χ1) is 12.2. The van der Waals surface area contributed by atoms with Gasteiger partial charge in [-0.15, -0.1) is 0 Å². The molecule has 3 unspecified atom stereocenters. The third-order valence-corrected chi connectivity index (χ3v) is 6.55. The second-order valence-corrected chi connectivity index (χ2v) is 7.96. The summed E-state index contributed by atoms with van der Waals surface area (Å²) in [6.45, 7) is 2.29. The van der Waals surface area contributed by atoms with Gasteiger partial charge in [-0.1, -0.05) is 36.0 Å². The van der Waals surface area contributed by atoms with Crippen molar-refractivity contribution in [3.63, 3.8) is 0 Å². The molecule has 2 aliphatic heterocycles. The number of nitrogens with two attached hydrogens (primary N) is 1. The second kappa shape index (κ2) is 5.66. The van der Waals surface area contributed by atoms with E-state index in [1.807, 2.05) is 0 Å². The maximum absolute atomic E-state index is 5.98. The molecule has 5 aliphatic rings. The fraction of sp³-hybridized carbons (Fsp3) is 0.391. The summed E-state index contributed by atoms with van der Waals surface area (Å²) in [6.07, 6.45) is 24.1. The molecular weight excluding hydrogens is 304 g/mol. The Balaban J connectivity index is 1.59. The van der Waals surface area contributed by atoms with E-state index in [-0.39, 0.29) is 0 Å². The van der Waals surface area contributed by atoms with Gasteiger partial charge in [0.15, 0.2) is 0 Å². The number of allylic oxidation sites excluding steroid dienone is 10. The largest absolute Gasteiger partial charge is 0.399 e. The van der Waals surface area contributed by atoms with Gasteiger partial charge >= 0.3 is 0 Å². The minimum Gasteiger partial charge on any atom is -0.399 e. The highest BCUT2D eigenvalue weighted by Gasteiger charge is 2.42. The molecule has 3 atom stereocenters. The Morgan fingerprint density at radius 2 is 2.08 bits per heavy atom. The number of rotatable bonds is 1. The van der Waals surface area contributed by atoms with E-state index in [1.54, 1.807) is 22.4 Å². The highest BCUT2D eigenvalue weighted by Crippen LogP contribution is 2.51. The Morgan fingerprint density at radius 1 is 1.16 bits per heavy atom. The van der Waals surface area contributed by atoms with Gasteiger partial charge < -0.3 is 10.6 Å². The van der Waals surface area contributed by atoms with Gasteiger partial charge in [0.25, 0.3) is 0 Å². The summed E-state index contributed by atoms with van der Waals surface area (Å²) in [6, 6.07) is 0.531. The normalized spacial score (nSPS) is 33.2. The second-order valence-electron chi connectivity index (χ2n) is 7.96. The van der Waals surface area contributed by atoms with Crippen LogP contribution >= 0.6 is 0 Å². The van der Waals surface area contributed by atoms with E-state index in [4.69, 9.17) is 5.73 Å². The molecule has 0 bridgehead atoms.